The number of benzene rings is 1. The average molecular weight is 273 g/mol. The maximum absolute atomic E-state index is 11.4. The molecule has 0 unspecified atom stereocenters. The summed E-state index contributed by atoms with van der Waals surface area (Å²) in [6.45, 7) is 2.41. The normalized spacial score (nSPS) is 10.1. The van der Waals surface area contributed by atoms with Gasteiger partial charge in [-0.05, 0) is 36.8 Å². The first-order chi connectivity index (χ1) is 9.65. The topological polar surface area (TPSA) is 68.7 Å². The summed E-state index contributed by atoms with van der Waals surface area (Å²) in [6.07, 6.45) is 3.20. The smallest absolute Gasteiger partial charge is 0.336 e. The zero-order valence-electron chi connectivity index (χ0n) is 11.3. The Morgan fingerprint density at radius 3 is 2.70 bits per heavy atom. The summed E-state index contributed by atoms with van der Waals surface area (Å²) < 4.78 is 10.4. The summed E-state index contributed by atoms with van der Waals surface area (Å²) in [5, 5.41) is 9.31. The summed E-state index contributed by atoms with van der Waals surface area (Å²) in [6, 6.07) is 6.68. The number of carboxylic acid groups (broad SMARTS) is 1. The van der Waals surface area contributed by atoms with E-state index in [2.05, 4.69) is 4.98 Å². The fourth-order valence-corrected chi connectivity index (χ4v) is 1.89. The molecule has 0 saturated heterocycles. The Kier molecular flexibility index (Phi) is 4.20. The van der Waals surface area contributed by atoms with Gasteiger partial charge in [0.05, 0.1) is 25.5 Å². The first-order valence-corrected chi connectivity index (χ1v) is 6.15. The molecule has 5 nitrogen and oxygen atoms in total. The van der Waals surface area contributed by atoms with E-state index in [1.807, 2.05) is 6.92 Å². The molecule has 1 heterocycles. The summed E-state index contributed by atoms with van der Waals surface area (Å²) >= 11 is 0. The van der Waals surface area contributed by atoms with Gasteiger partial charge < -0.3 is 14.6 Å². The first-order valence-electron chi connectivity index (χ1n) is 6.15. The van der Waals surface area contributed by atoms with E-state index >= 15 is 0 Å². The molecule has 0 aliphatic rings. The number of carbonyl (C=O) groups is 1. The van der Waals surface area contributed by atoms with Crippen LogP contribution in [0.1, 0.15) is 17.3 Å². The Hall–Kier alpha value is -2.56. The van der Waals surface area contributed by atoms with E-state index in [-0.39, 0.29) is 5.56 Å². The fourth-order valence-electron chi connectivity index (χ4n) is 1.89. The third kappa shape index (κ3) is 2.88. The van der Waals surface area contributed by atoms with Crippen molar-refractivity contribution < 1.29 is 19.4 Å². The molecule has 0 spiro atoms. The molecule has 20 heavy (non-hydrogen) atoms. The minimum absolute atomic E-state index is 0.166. The van der Waals surface area contributed by atoms with Crippen LogP contribution in [0.4, 0.5) is 0 Å². The second-order valence-corrected chi connectivity index (χ2v) is 4.06. The molecule has 0 amide bonds. The van der Waals surface area contributed by atoms with Gasteiger partial charge in [-0.2, -0.15) is 0 Å². The lowest BCUT2D eigenvalue weighted by Crippen LogP contribution is -2.01. The molecule has 0 atom stereocenters. The molecular formula is C15H15NO4. The van der Waals surface area contributed by atoms with Crippen molar-refractivity contribution in [2.75, 3.05) is 13.7 Å². The molecule has 2 rings (SSSR count). The van der Waals surface area contributed by atoms with Crippen LogP contribution >= 0.6 is 0 Å². The van der Waals surface area contributed by atoms with Gasteiger partial charge in [-0.15, -0.1) is 0 Å². The van der Waals surface area contributed by atoms with E-state index in [1.165, 1.54) is 13.2 Å². The van der Waals surface area contributed by atoms with E-state index in [4.69, 9.17) is 9.47 Å². The SMILES string of the molecule is CCOc1cncc(-c2ccc(OC)cc2C(=O)O)c1. The minimum atomic E-state index is -1.01. The van der Waals surface area contributed by atoms with E-state index < -0.39 is 5.97 Å². The quantitative estimate of drug-likeness (QED) is 0.907. The summed E-state index contributed by atoms with van der Waals surface area (Å²) in [5.41, 5.74) is 1.43. The van der Waals surface area contributed by atoms with Crippen LogP contribution in [0.5, 0.6) is 11.5 Å². The maximum atomic E-state index is 11.4. The summed E-state index contributed by atoms with van der Waals surface area (Å²) in [7, 11) is 1.50. The average Bonchev–Trinajstić information content (AvgIpc) is 2.47. The van der Waals surface area contributed by atoms with Gasteiger partial charge in [0.25, 0.3) is 0 Å². The number of rotatable bonds is 5. The largest absolute Gasteiger partial charge is 0.497 e. The van der Waals surface area contributed by atoms with Crippen molar-refractivity contribution in [2.45, 2.75) is 6.92 Å². The Labute approximate surface area is 116 Å². The van der Waals surface area contributed by atoms with E-state index in [0.29, 0.717) is 29.2 Å². The van der Waals surface area contributed by atoms with Crippen LogP contribution in [0.2, 0.25) is 0 Å². The number of ether oxygens (including phenoxy) is 2. The van der Waals surface area contributed by atoms with Crippen LogP contribution in [0.25, 0.3) is 11.1 Å². The van der Waals surface area contributed by atoms with Gasteiger partial charge >= 0.3 is 5.97 Å². The van der Waals surface area contributed by atoms with Gasteiger partial charge in [0.2, 0.25) is 0 Å². The third-order valence-electron chi connectivity index (χ3n) is 2.79. The lowest BCUT2D eigenvalue weighted by Gasteiger charge is -2.10. The Morgan fingerprint density at radius 1 is 1.25 bits per heavy atom. The summed E-state index contributed by atoms with van der Waals surface area (Å²) in [4.78, 5) is 15.4. The van der Waals surface area contributed by atoms with Crippen molar-refractivity contribution in [3.63, 3.8) is 0 Å². The molecule has 1 N–H and O–H groups in total. The highest BCUT2D eigenvalue weighted by atomic mass is 16.5. The lowest BCUT2D eigenvalue weighted by atomic mass is 10.0. The number of methoxy groups -OCH3 is 1. The number of hydrogen-bond donors (Lipinski definition) is 1. The lowest BCUT2D eigenvalue weighted by molar-refractivity contribution is 0.0697. The van der Waals surface area contributed by atoms with Gasteiger partial charge in [-0.25, -0.2) is 4.79 Å². The number of pyridine rings is 1. The maximum Gasteiger partial charge on any atom is 0.336 e. The Balaban J connectivity index is 2.51. The van der Waals surface area contributed by atoms with Crippen LogP contribution in [0.3, 0.4) is 0 Å². The van der Waals surface area contributed by atoms with E-state index in [1.54, 1.807) is 30.6 Å². The third-order valence-corrected chi connectivity index (χ3v) is 2.79. The zero-order chi connectivity index (χ0) is 14.5. The zero-order valence-corrected chi connectivity index (χ0v) is 11.3. The highest BCUT2D eigenvalue weighted by Gasteiger charge is 2.14. The van der Waals surface area contributed by atoms with Crippen LogP contribution < -0.4 is 9.47 Å². The molecule has 0 fully saturated rings. The molecule has 0 aliphatic carbocycles. The number of hydrogen-bond acceptors (Lipinski definition) is 4. The minimum Gasteiger partial charge on any atom is -0.497 e. The predicted molar refractivity (Wildman–Crippen MR) is 74.4 cm³/mol. The standard InChI is InChI=1S/C15H15NO4/c1-3-20-12-6-10(8-16-9-12)13-5-4-11(19-2)7-14(13)15(17)18/h4-9H,3H2,1-2H3,(H,17,18). The molecule has 0 bridgehead atoms. The Morgan fingerprint density at radius 2 is 2.05 bits per heavy atom. The van der Waals surface area contributed by atoms with Crippen molar-refractivity contribution in [3.8, 4) is 22.6 Å². The molecular weight excluding hydrogens is 258 g/mol. The van der Waals surface area contributed by atoms with E-state index in [9.17, 15) is 9.90 Å². The highest BCUT2D eigenvalue weighted by molar-refractivity contribution is 5.96. The van der Waals surface area contributed by atoms with Gasteiger partial charge in [0, 0.05) is 11.8 Å². The Bertz CT molecular complexity index is 625. The number of aromatic carboxylic acids is 1. The molecule has 5 heteroatoms. The van der Waals surface area contributed by atoms with Crippen LogP contribution in [-0.2, 0) is 0 Å². The van der Waals surface area contributed by atoms with Crippen molar-refractivity contribution in [2.24, 2.45) is 0 Å². The second-order valence-electron chi connectivity index (χ2n) is 4.06. The van der Waals surface area contributed by atoms with Crippen molar-refractivity contribution >= 4 is 5.97 Å². The molecule has 104 valence electrons. The summed E-state index contributed by atoms with van der Waals surface area (Å²) in [5.74, 6) is 0.0953. The fraction of sp³-hybridized carbons (Fsp3) is 0.200. The van der Waals surface area contributed by atoms with Gasteiger partial charge in [0.15, 0.2) is 0 Å². The van der Waals surface area contributed by atoms with Crippen molar-refractivity contribution in [1.29, 1.82) is 0 Å². The molecule has 1 aromatic heterocycles. The number of aromatic nitrogens is 1. The number of carboxylic acids is 1. The highest BCUT2D eigenvalue weighted by Crippen LogP contribution is 2.29. The predicted octanol–water partition coefficient (Wildman–Crippen LogP) is 2.85. The number of nitrogens with zero attached hydrogens (tertiary/aromatic N) is 1. The molecule has 0 aliphatic heterocycles. The first kappa shape index (κ1) is 13.9. The molecule has 1 aromatic carbocycles. The van der Waals surface area contributed by atoms with Crippen LogP contribution in [0.15, 0.2) is 36.7 Å². The van der Waals surface area contributed by atoms with Crippen molar-refractivity contribution in [3.05, 3.63) is 42.2 Å². The monoisotopic (exact) mass is 273 g/mol. The second kappa shape index (κ2) is 6.06. The van der Waals surface area contributed by atoms with Gasteiger partial charge in [-0.1, -0.05) is 0 Å². The van der Waals surface area contributed by atoms with Gasteiger partial charge in [-0.3, -0.25) is 4.98 Å². The molecule has 2 aromatic rings. The van der Waals surface area contributed by atoms with E-state index in [0.717, 1.165) is 0 Å². The van der Waals surface area contributed by atoms with Crippen LogP contribution in [0, 0.1) is 0 Å². The molecule has 0 radical (unpaired) electrons. The van der Waals surface area contributed by atoms with Gasteiger partial charge in [0.1, 0.15) is 11.5 Å². The van der Waals surface area contributed by atoms with Crippen LogP contribution in [-0.4, -0.2) is 29.8 Å². The van der Waals surface area contributed by atoms with Crippen molar-refractivity contribution in [1.82, 2.24) is 4.98 Å². The molecule has 0 saturated carbocycles.